The Balaban J connectivity index is 1.58. The molecule has 118 valence electrons. The third-order valence-corrected chi connectivity index (χ3v) is 4.71. The van der Waals surface area contributed by atoms with Crippen LogP contribution in [-0.4, -0.2) is 27.5 Å². The molecule has 1 heterocycles. The maximum atomic E-state index is 9.20. The van der Waals surface area contributed by atoms with Crippen LogP contribution in [0.4, 0.5) is 0 Å². The quantitative estimate of drug-likeness (QED) is 0.892. The second-order valence-electron chi connectivity index (χ2n) is 6.30. The standard InChI is InChI=1S/C18H25N3O/c1-14-16(11-19-17-9-7-15(13-22)8-10-17)12-21(20-14)18-5-3-2-4-6-18/h2-6,12,15,17,19,22H,7-11,13H2,1H3. The topological polar surface area (TPSA) is 50.1 Å². The monoisotopic (exact) mass is 299 g/mol. The fourth-order valence-electron chi connectivity index (χ4n) is 3.19. The zero-order chi connectivity index (χ0) is 15.4. The molecule has 0 atom stereocenters. The van der Waals surface area contributed by atoms with E-state index < -0.39 is 0 Å². The predicted molar refractivity (Wildman–Crippen MR) is 88.0 cm³/mol. The maximum absolute atomic E-state index is 9.20. The van der Waals surface area contributed by atoms with Crippen molar-refractivity contribution >= 4 is 0 Å². The lowest BCUT2D eigenvalue weighted by Crippen LogP contribution is -2.33. The Hall–Kier alpha value is -1.65. The Bertz CT molecular complexity index is 586. The van der Waals surface area contributed by atoms with Crippen LogP contribution in [0.5, 0.6) is 0 Å². The van der Waals surface area contributed by atoms with Gasteiger partial charge in [-0.1, -0.05) is 18.2 Å². The molecule has 0 aliphatic heterocycles. The lowest BCUT2D eigenvalue weighted by molar-refractivity contribution is 0.175. The molecule has 3 rings (SSSR count). The number of para-hydroxylation sites is 1. The van der Waals surface area contributed by atoms with E-state index >= 15 is 0 Å². The molecule has 1 aliphatic rings. The van der Waals surface area contributed by atoms with Gasteiger partial charge in [0.05, 0.1) is 11.4 Å². The van der Waals surface area contributed by atoms with Gasteiger partial charge in [-0.15, -0.1) is 0 Å². The second-order valence-corrected chi connectivity index (χ2v) is 6.30. The van der Waals surface area contributed by atoms with Crippen molar-refractivity contribution in [2.45, 2.75) is 45.2 Å². The van der Waals surface area contributed by atoms with Gasteiger partial charge in [0.15, 0.2) is 0 Å². The van der Waals surface area contributed by atoms with Gasteiger partial charge in [0, 0.05) is 31.0 Å². The normalized spacial score (nSPS) is 21.9. The molecule has 2 aromatic rings. The van der Waals surface area contributed by atoms with Crippen molar-refractivity contribution in [2.24, 2.45) is 5.92 Å². The molecule has 0 unspecified atom stereocenters. The van der Waals surface area contributed by atoms with Gasteiger partial charge >= 0.3 is 0 Å². The minimum Gasteiger partial charge on any atom is -0.396 e. The lowest BCUT2D eigenvalue weighted by atomic mass is 9.86. The van der Waals surface area contributed by atoms with Crippen LogP contribution in [0.2, 0.25) is 0 Å². The number of aromatic nitrogens is 2. The second kappa shape index (κ2) is 7.07. The number of hydrogen-bond acceptors (Lipinski definition) is 3. The van der Waals surface area contributed by atoms with Crippen molar-refractivity contribution in [3.05, 3.63) is 47.8 Å². The zero-order valence-corrected chi connectivity index (χ0v) is 13.2. The molecule has 0 amide bonds. The van der Waals surface area contributed by atoms with Gasteiger partial charge in [-0.3, -0.25) is 0 Å². The van der Waals surface area contributed by atoms with E-state index in [4.69, 9.17) is 0 Å². The van der Waals surface area contributed by atoms with Gasteiger partial charge in [-0.25, -0.2) is 4.68 Å². The molecule has 4 heteroatoms. The van der Waals surface area contributed by atoms with Crippen molar-refractivity contribution in [1.82, 2.24) is 15.1 Å². The van der Waals surface area contributed by atoms with Crippen LogP contribution in [0.15, 0.2) is 36.5 Å². The number of nitrogens with zero attached hydrogens (tertiary/aromatic N) is 2. The van der Waals surface area contributed by atoms with E-state index in [0.717, 1.165) is 43.6 Å². The first-order valence-electron chi connectivity index (χ1n) is 8.21. The highest BCUT2D eigenvalue weighted by Crippen LogP contribution is 2.24. The van der Waals surface area contributed by atoms with E-state index in [9.17, 15) is 5.11 Å². The van der Waals surface area contributed by atoms with Crippen molar-refractivity contribution in [3.63, 3.8) is 0 Å². The summed E-state index contributed by atoms with van der Waals surface area (Å²) in [5, 5.41) is 17.5. The Morgan fingerprint density at radius 1 is 1.18 bits per heavy atom. The summed E-state index contributed by atoms with van der Waals surface area (Å²) in [6.45, 7) is 3.28. The Morgan fingerprint density at radius 3 is 2.59 bits per heavy atom. The van der Waals surface area contributed by atoms with E-state index in [2.05, 4.69) is 35.7 Å². The van der Waals surface area contributed by atoms with E-state index in [1.807, 2.05) is 22.9 Å². The minimum atomic E-state index is 0.343. The molecule has 4 nitrogen and oxygen atoms in total. The first-order chi connectivity index (χ1) is 10.8. The summed E-state index contributed by atoms with van der Waals surface area (Å²) in [6.07, 6.45) is 6.72. The average Bonchev–Trinajstić information content (AvgIpc) is 2.95. The van der Waals surface area contributed by atoms with Crippen LogP contribution in [-0.2, 0) is 6.54 Å². The van der Waals surface area contributed by atoms with Crippen molar-refractivity contribution in [1.29, 1.82) is 0 Å². The van der Waals surface area contributed by atoms with E-state index in [0.29, 0.717) is 18.6 Å². The molecule has 1 aliphatic carbocycles. The highest BCUT2D eigenvalue weighted by Gasteiger charge is 2.20. The predicted octanol–water partition coefficient (Wildman–Crippen LogP) is 2.82. The van der Waals surface area contributed by atoms with Crippen LogP contribution in [0.25, 0.3) is 5.69 Å². The SMILES string of the molecule is Cc1nn(-c2ccccc2)cc1CNC1CCC(CO)CC1. The zero-order valence-electron chi connectivity index (χ0n) is 13.2. The summed E-state index contributed by atoms with van der Waals surface area (Å²) in [5.74, 6) is 0.514. The van der Waals surface area contributed by atoms with Gasteiger partial charge in [0.25, 0.3) is 0 Å². The van der Waals surface area contributed by atoms with E-state index in [1.54, 1.807) is 0 Å². The van der Waals surface area contributed by atoms with Gasteiger partial charge < -0.3 is 10.4 Å². The Labute approximate surface area is 132 Å². The van der Waals surface area contributed by atoms with Crippen molar-refractivity contribution < 1.29 is 5.11 Å². The molecule has 2 N–H and O–H groups in total. The maximum Gasteiger partial charge on any atom is 0.0645 e. The number of aliphatic hydroxyl groups excluding tert-OH is 1. The molecule has 22 heavy (non-hydrogen) atoms. The summed E-state index contributed by atoms with van der Waals surface area (Å²) in [6, 6.07) is 10.8. The molecular formula is C18H25N3O. The summed E-state index contributed by atoms with van der Waals surface area (Å²) in [5.41, 5.74) is 3.44. The summed E-state index contributed by atoms with van der Waals surface area (Å²) in [7, 11) is 0. The molecule has 1 aromatic carbocycles. The minimum absolute atomic E-state index is 0.343. The summed E-state index contributed by atoms with van der Waals surface area (Å²) < 4.78 is 1.95. The van der Waals surface area contributed by atoms with Gasteiger partial charge in [0.1, 0.15) is 0 Å². The highest BCUT2D eigenvalue weighted by atomic mass is 16.3. The number of hydrogen-bond donors (Lipinski definition) is 2. The Kier molecular flexibility index (Phi) is 4.90. The van der Waals surface area contributed by atoms with Gasteiger partial charge in [0.2, 0.25) is 0 Å². The fraction of sp³-hybridized carbons (Fsp3) is 0.500. The third-order valence-electron chi connectivity index (χ3n) is 4.71. The van der Waals surface area contributed by atoms with Crippen LogP contribution in [0.1, 0.15) is 36.9 Å². The van der Waals surface area contributed by atoms with Crippen LogP contribution in [0, 0.1) is 12.8 Å². The molecule has 1 fully saturated rings. The smallest absolute Gasteiger partial charge is 0.0645 e. The van der Waals surface area contributed by atoms with E-state index in [-0.39, 0.29) is 0 Å². The molecule has 0 spiro atoms. The number of rotatable bonds is 5. The number of benzene rings is 1. The van der Waals surface area contributed by atoms with Gasteiger partial charge in [-0.05, 0) is 50.7 Å². The summed E-state index contributed by atoms with van der Waals surface area (Å²) >= 11 is 0. The summed E-state index contributed by atoms with van der Waals surface area (Å²) in [4.78, 5) is 0. The third kappa shape index (κ3) is 3.57. The number of nitrogens with one attached hydrogen (secondary N) is 1. The van der Waals surface area contributed by atoms with Crippen LogP contribution >= 0.6 is 0 Å². The first kappa shape index (κ1) is 15.3. The van der Waals surface area contributed by atoms with Gasteiger partial charge in [-0.2, -0.15) is 5.10 Å². The first-order valence-corrected chi connectivity index (χ1v) is 8.21. The van der Waals surface area contributed by atoms with Crippen molar-refractivity contribution in [2.75, 3.05) is 6.61 Å². The molecule has 1 aromatic heterocycles. The molecule has 0 saturated heterocycles. The fourth-order valence-corrected chi connectivity index (χ4v) is 3.19. The molecule has 0 radical (unpaired) electrons. The van der Waals surface area contributed by atoms with Crippen LogP contribution in [0.3, 0.4) is 0 Å². The average molecular weight is 299 g/mol. The van der Waals surface area contributed by atoms with E-state index in [1.165, 1.54) is 5.56 Å². The largest absolute Gasteiger partial charge is 0.396 e. The molecule has 0 bridgehead atoms. The lowest BCUT2D eigenvalue weighted by Gasteiger charge is -2.28. The molecule has 1 saturated carbocycles. The number of aliphatic hydroxyl groups is 1. The number of aryl methyl sites for hydroxylation is 1. The molecular weight excluding hydrogens is 274 g/mol. The Morgan fingerprint density at radius 2 is 1.91 bits per heavy atom. The van der Waals surface area contributed by atoms with Crippen molar-refractivity contribution in [3.8, 4) is 5.69 Å². The van der Waals surface area contributed by atoms with Crippen LogP contribution < -0.4 is 5.32 Å². The highest BCUT2D eigenvalue weighted by molar-refractivity contribution is 5.32.